The zero-order chi connectivity index (χ0) is 35.9. The van der Waals surface area contributed by atoms with Crippen LogP contribution in [0.1, 0.15) is 173 Å². The van der Waals surface area contributed by atoms with Crippen molar-refractivity contribution in [2.24, 2.45) is 0 Å². The lowest BCUT2D eigenvalue weighted by atomic mass is 10.1. The molecule has 0 rings (SSSR count). The number of nitrogens with zero attached hydrogens (tertiary/aromatic N) is 1. The van der Waals surface area contributed by atoms with Crippen molar-refractivity contribution >= 4 is 11.9 Å². The molecule has 0 aromatic heterocycles. The topological polar surface area (TPSA) is 74.3 Å². The Morgan fingerprint density at radius 1 is 0.490 bits per heavy atom. The normalized spacial score (nSPS) is 12.4. The second kappa shape index (κ2) is 39.1. The molecule has 0 bridgehead atoms. The molecular formula is C42H79NO6. The lowest BCUT2D eigenvalue weighted by Gasteiger charge is -2.21. The first-order valence-electron chi connectivity index (χ1n) is 20.3. The van der Waals surface area contributed by atoms with E-state index in [1.165, 1.54) is 123 Å². The number of allylic oxidation sites excluding steroid dienone is 4. The number of methoxy groups -OCH3 is 2. The van der Waals surface area contributed by atoms with Gasteiger partial charge < -0.3 is 23.8 Å². The zero-order valence-electron chi connectivity index (χ0n) is 32.7. The first kappa shape index (κ1) is 47.3. The highest BCUT2D eigenvalue weighted by molar-refractivity contribution is 5.69. The molecule has 0 saturated carbocycles. The second-order valence-corrected chi connectivity index (χ2v) is 14.0. The number of carbonyl (C=O) groups excluding carboxylic acids is 2. The minimum atomic E-state index is -0.0912. The standard InChI is InChI=1S/C42H79NO6/c1-43(2)39-40(35-38-48-36-31-27-23-19-15-11-8-10-14-18-22-26-30-34-42(45)47-4)49-37-32-28-24-20-16-12-7-5-6-9-13-17-21-25-29-33-41(44)46-3/h5-6,8,10,40H,7,9,11-39H2,1-4H3/b6-5-,10-8-. The van der Waals surface area contributed by atoms with Crippen molar-refractivity contribution in [2.45, 2.75) is 179 Å². The molecule has 0 amide bonds. The summed E-state index contributed by atoms with van der Waals surface area (Å²) in [7, 11) is 7.16. The number of unbranched alkanes of at least 4 members (excludes halogenated alkanes) is 20. The van der Waals surface area contributed by atoms with Crippen molar-refractivity contribution in [2.75, 3.05) is 54.7 Å². The SMILES string of the molecule is COC(=O)CCCCCC/C=C\CCCCCCCOCCC(CN(C)C)OCCCCCCCC/C=C\CCCCCCCC(=O)OC. The third-order valence-electron chi connectivity index (χ3n) is 8.97. The Bertz CT molecular complexity index is 768. The summed E-state index contributed by atoms with van der Waals surface area (Å²) in [5.74, 6) is -0.177. The van der Waals surface area contributed by atoms with Gasteiger partial charge in [0.15, 0.2) is 0 Å². The summed E-state index contributed by atoms with van der Waals surface area (Å²) in [5.41, 5.74) is 0. The molecule has 1 unspecified atom stereocenters. The van der Waals surface area contributed by atoms with Crippen LogP contribution in [0.4, 0.5) is 0 Å². The fraction of sp³-hybridized carbons (Fsp3) is 0.857. The predicted molar refractivity (Wildman–Crippen MR) is 206 cm³/mol. The van der Waals surface area contributed by atoms with Crippen LogP contribution in [0.2, 0.25) is 0 Å². The largest absolute Gasteiger partial charge is 0.469 e. The third kappa shape index (κ3) is 38.9. The fourth-order valence-corrected chi connectivity index (χ4v) is 5.89. The summed E-state index contributed by atoms with van der Waals surface area (Å²) in [6.45, 7) is 3.48. The molecule has 7 heteroatoms. The molecule has 0 N–H and O–H groups in total. The van der Waals surface area contributed by atoms with Gasteiger partial charge in [0, 0.05) is 39.2 Å². The molecule has 0 heterocycles. The van der Waals surface area contributed by atoms with Gasteiger partial charge in [0.25, 0.3) is 0 Å². The molecule has 0 fully saturated rings. The molecule has 0 saturated heterocycles. The minimum Gasteiger partial charge on any atom is -0.469 e. The Hall–Kier alpha value is -1.70. The number of carbonyl (C=O) groups is 2. The van der Waals surface area contributed by atoms with E-state index in [0.29, 0.717) is 12.8 Å². The van der Waals surface area contributed by atoms with Crippen LogP contribution in [0.15, 0.2) is 24.3 Å². The lowest BCUT2D eigenvalue weighted by Crippen LogP contribution is -2.30. The van der Waals surface area contributed by atoms with Gasteiger partial charge in [-0.05, 0) is 97.6 Å². The molecule has 0 radical (unpaired) electrons. The van der Waals surface area contributed by atoms with Gasteiger partial charge in [-0.1, -0.05) is 101 Å². The second-order valence-electron chi connectivity index (χ2n) is 14.0. The average Bonchev–Trinajstić information content (AvgIpc) is 3.09. The van der Waals surface area contributed by atoms with Gasteiger partial charge in [0.05, 0.1) is 20.3 Å². The van der Waals surface area contributed by atoms with Crippen LogP contribution >= 0.6 is 0 Å². The van der Waals surface area contributed by atoms with Gasteiger partial charge in [-0.2, -0.15) is 0 Å². The van der Waals surface area contributed by atoms with Crippen molar-refractivity contribution in [3.8, 4) is 0 Å². The number of esters is 2. The van der Waals surface area contributed by atoms with Gasteiger partial charge >= 0.3 is 11.9 Å². The smallest absolute Gasteiger partial charge is 0.305 e. The van der Waals surface area contributed by atoms with Crippen molar-refractivity contribution in [1.82, 2.24) is 4.90 Å². The Labute approximate surface area is 303 Å². The van der Waals surface area contributed by atoms with Crippen molar-refractivity contribution < 1.29 is 28.5 Å². The predicted octanol–water partition coefficient (Wildman–Crippen LogP) is 10.9. The van der Waals surface area contributed by atoms with Crippen LogP contribution in [-0.4, -0.2) is 77.6 Å². The maximum Gasteiger partial charge on any atom is 0.305 e. The van der Waals surface area contributed by atoms with E-state index in [4.69, 9.17) is 9.47 Å². The van der Waals surface area contributed by atoms with Crippen LogP contribution < -0.4 is 0 Å². The average molecular weight is 694 g/mol. The molecular weight excluding hydrogens is 614 g/mol. The van der Waals surface area contributed by atoms with E-state index in [2.05, 4.69) is 52.8 Å². The summed E-state index contributed by atoms with van der Waals surface area (Å²) in [4.78, 5) is 24.4. The third-order valence-corrected chi connectivity index (χ3v) is 8.97. The molecule has 0 aromatic carbocycles. The minimum absolute atomic E-state index is 0.0862. The van der Waals surface area contributed by atoms with E-state index in [-0.39, 0.29) is 18.0 Å². The molecule has 0 aliphatic carbocycles. The van der Waals surface area contributed by atoms with Crippen molar-refractivity contribution in [3.63, 3.8) is 0 Å². The maximum atomic E-state index is 11.1. The van der Waals surface area contributed by atoms with Crippen LogP contribution in [-0.2, 0) is 28.5 Å². The van der Waals surface area contributed by atoms with Crippen molar-refractivity contribution in [3.05, 3.63) is 24.3 Å². The molecule has 0 aliphatic rings. The van der Waals surface area contributed by atoms with Crippen molar-refractivity contribution in [1.29, 1.82) is 0 Å². The van der Waals surface area contributed by atoms with Crippen LogP contribution in [0, 0.1) is 0 Å². The number of rotatable bonds is 38. The molecule has 0 aromatic rings. The van der Waals surface area contributed by atoms with Gasteiger partial charge in [0.2, 0.25) is 0 Å². The molecule has 0 aliphatic heterocycles. The zero-order valence-corrected chi connectivity index (χ0v) is 32.7. The first-order chi connectivity index (χ1) is 24.0. The molecule has 7 nitrogen and oxygen atoms in total. The highest BCUT2D eigenvalue weighted by Gasteiger charge is 2.10. The molecule has 49 heavy (non-hydrogen) atoms. The fourth-order valence-electron chi connectivity index (χ4n) is 5.89. The van der Waals surface area contributed by atoms with Crippen LogP contribution in [0.5, 0.6) is 0 Å². The Balaban J connectivity index is 3.53. The van der Waals surface area contributed by atoms with E-state index < -0.39 is 0 Å². The monoisotopic (exact) mass is 694 g/mol. The van der Waals surface area contributed by atoms with Crippen LogP contribution in [0.3, 0.4) is 0 Å². The van der Waals surface area contributed by atoms with E-state index in [1.54, 1.807) is 0 Å². The summed E-state index contributed by atoms with van der Waals surface area (Å²) in [5, 5.41) is 0. The Morgan fingerprint density at radius 2 is 0.857 bits per heavy atom. The van der Waals surface area contributed by atoms with Gasteiger partial charge in [-0.15, -0.1) is 0 Å². The Kier molecular flexibility index (Phi) is 37.7. The summed E-state index contributed by atoms with van der Waals surface area (Å²) >= 11 is 0. The Morgan fingerprint density at radius 3 is 1.27 bits per heavy atom. The molecule has 0 spiro atoms. The maximum absolute atomic E-state index is 11.1. The highest BCUT2D eigenvalue weighted by atomic mass is 16.5. The van der Waals surface area contributed by atoms with Gasteiger partial charge in [-0.25, -0.2) is 0 Å². The van der Waals surface area contributed by atoms with Crippen LogP contribution in [0.25, 0.3) is 0 Å². The summed E-state index contributed by atoms with van der Waals surface area (Å²) in [6, 6.07) is 0. The molecule has 288 valence electrons. The van der Waals surface area contributed by atoms with E-state index >= 15 is 0 Å². The number of likely N-dealkylation sites (N-methyl/N-ethyl adjacent to an activating group) is 1. The summed E-state index contributed by atoms with van der Waals surface area (Å²) in [6.07, 6.45) is 40.7. The first-order valence-corrected chi connectivity index (χ1v) is 20.3. The summed E-state index contributed by atoms with van der Waals surface area (Å²) < 4.78 is 21.6. The quantitative estimate of drug-likeness (QED) is 0.0362. The van der Waals surface area contributed by atoms with Gasteiger partial charge in [0.1, 0.15) is 0 Å². The van der Waals surface area contributed by atoms with Gasteiger partial charge in [-0.3, -0.25) is 9.59 Å². The number of ether oxygens (including phenoxy) is 4. The highest BCUT2D eigenvalue weighted by Crippen LogP contribution is 2.12. The number of hydrogen-bond acceptors (Lipinski definition) is 7. The van der Waals surface area contributed by atoms with E-state index in [1.807, 2.05) is 0 Å². The lowest BCUT2D eigenvalue weighted by molar-refractivity contribution is -0.141. The van der Waals surface area contributed by atoms with E-state index in [0.717, 1.165) is 77.7 Å². The molecule has 1 atom stereocenters. The van der Waals surface area contributed by atoms with E-state index in [9.17, 15) is 9.59 Å². The number of hydrogen-bond donors (Lipinski definition) is 0.